The molecule has 1 aliphatic carbocycles. The SMILES string of the molecule is O=C1CCOc2cc(C3CC3)ccc2N1. The van der Waals surface area contributed by atoms with E-state index in [0.29, 0.717) is 13.0 Å². The van der Waals surface area contributed by atoms with Gasteiger partial charge in [-0.05, 0) is 36.5 Å². The molecule has 1 aromatic carbocycles. The highest BCUT2D eigenvalue weighted by atomic mass is 16.5. The van der Waals surface area contributed by atoms with Crippen molar-refractivity contribution in [2.45, 2.75) is 25.2 Å². The number of benzene rings is 1. The van der Waals surface area contributed by atoms with Crippen LogP contribution < -0.4 is 10.1 Å². The molecule has 3 heteroatoms. The van der Waals surface area contributed by atoms with Gasteiger partial charge in [0.1, 0.15) is 5.75 Å². The van der Waals surface area contributed by atoms with Crippen LogP contribution in [0.5, 0.6) is 5.75 Å². The number of hydrogen-bond donors (Lipinski definition) is 1. The normalized spacial score (nSPS) is 19.9. The molecular formula is C12H13NO2. The van der Waals surface area contributed by atoms with Crippen LogP contribution in [0.1, 0.15) is 30.7 Å². The van der Waals surface area contributed by atoms with E-state index in [0.717, 1.165) is 17.4 Å². The van der Waals surface area contributed by atoms with Gasteiger partial charge in [-0.2, -0.15) is 0 Å². The second kappa shape index (κ2) is 3.26. The Hall–Kier alpha value is -1.51. The summed E-state index contributed by atoms with van der Waals surface area (Å²) in [4.78, 5) is 11.3. The van der Waals surface area contributed by atoms with Crippen molar-refractivity contribution in [2.75, 3.05) is 11.9 Å². The molecule has 2 aliphatic rings. The quantitative estimate of drug-likeness (QED) is 0.760. The van der Waals surface area contributed by atoms with Crippen LogP contribution in [0.4, 0.5) is 5.69 Å². The Morgan fingerprint density at radius 3 is 3.00 bits per heavy atom. The van der Waals surface area contributed by atoms with Gasteiger partial charge < -0.3 is 10.1 Å². The maximum absolute atomic E-state index is 11.3. The Labute approximate surface area is 88.4 Å². The molecule has 0 radical (unpaired) electrons. The first-order valence-corrected chi connectivity index (χ1v) is 5.39. The molecule has 1 N–H and O–H groups in total. The Morgan fingerprint density at radius 2 is 2.20 bits per heavy atom. The van der Waals surface area contributed by atoms with Crippen molar-refractivity contribution in [1.82, 2.24) is 0 Å². The van der Waals surface area contributed by atoms with E-state index in [2.05, 4.69) is 17.4 Å². The highest BCUT2D eigenvalue weighted by molar-refractivity contribution is 5.93. The summed E-state index contributed by atoms with van der Waals surface area (Å²) in [6, 6.07) is 6.11. The second-order valence-electron chi connectivity index (χ2n) is 4.18. The molecule has 0 atom stereocenters. The van der Waals surface area contributed by atoms with E-state index >= 15 is 0 Å². The zero-order valence-electron chi connectivity index (χ0n) is 8.45. The smallest absolute Gasteiger partial charge is 0.227 e. The number of amides is 1. The van der Waals surface area contributed by atoms with Crippen LogP contribution >= 0.6 is 0 Å². The number of carbonyl (C=O) groups excluding carboxylic acids is 1. The van der Waals surface area contributed by atoms with Gasteiger partial charge in [0.2, 0.25) is 5.91 Å². The van der Waals surface area contributed by atoms with Crippen LogP contribution in [0.3, 0.4) is 0 Å². The lowest BCUT2D eigenvalue weighted by Crippen LogP contribution is -2.10. The van der Waals surface area contributed by atoms with Crippen molar-refractivity contribution in [1.29, 1.82) is 0 Å². The van der Waals surface area contributed by atoms with Crippen molar-refractivity contribution >= 4 is 11.6 Å². The predicted octanol–water partition coefficient (Wildman–Crippen LogP) is 2.28. The molecule has 15 heavy (non-hydrogen) atoms. The predicted molar refractivity (Wildman–Crippen MR) is 57.2 cm³/mol. The molecular weight excluding hydrogens is 190 g/mol. The fourth-order valence-electron chi connectivity index (χ4n) is 1.90. The van der Waals surface area contributed by atoms with Crippen molar-refractivity contribution in [3.63, 3.8) is 0 Å². The molecule has 1 amide bonds. The molecule has 3 nitrogen and oxygen atoms in total. The Kier molecular flexibility index (Phi) is 1.91. The monoisotopic (exact) mass is 203 g/mol. The highest BCUT2D eigenvalue weighted by Gasteiger charge is 2.25. The maximum Gasteiger partial charge on any atom is 0.227 e. The molecule has 0 saturated heterocycles. The van der Waals surface area contributed by atoms with Crippen LogP contribution in [-0.2, 0) is 4.79 Å². The van der Waals surface area contributed by atoms with Crippen molar-refractivity contribution in [3.8, 4) is 5.75 Å². The lowest BCUT2D eigenvalue weighted by Gasteiger charge is -2.08. The van der Waals surface area contributed by atoms with Gasteiger partial charge in [-0.25, -0.2) is 0 Å². The Morgan fingerprint density at radius 1 is 1.33 bits per heavy atom. The molecule has 1 heterocycles. The molecule has 1 aromatic rings. The average Bonchev–Trinajstić information content (AvgIpc) is 3.02. The zero-order chi connectivity index (χ0) is 10.3. The summed E-state index contributed by atoms with van der Waals surface area (Å²) in [7, 11) is 0. The van der Waals surface area contributed by atoms with Crippen LogP contribution in [0, 0.1) is 0 Å². The molecule has 1 fully saturated rings. The molecule has 1 aliphatic heterocycles. The van der Waals surface area contributed by atoms with Gasteiger partial charge >= 0.3 is 0 Å². The van der Waals surface area contributed by atoms with Gasteiger partial charge in [0.05, 0.1) is 18.7 Å². The summed E-state index contributed by atoms with van der Waals surface area (Å²) in [6.07, 6.45) is 3.00. The first-order chi connectivity index (χ1) is 7.33. The molecule has 0 aromatic heterocycles. The first kappa shape index (κ1) is 8.77. The number of nitrogens with one attached hydrogen (secondary N) is 1. The number of anilines is 1. The lowest BCUT2D eigenvalue weighted by molar-refractivity contribution is -0.116. The minimum Gasteiger partial charge on any atom is -0.491 e. The molecule has 0 bridgehead atoms. The molecule has 78 valence electrons. The maximum atomic E-state index is 11.3. The third-order valence-corrected chi connectivity index (χ3v) is 2.92. The first-order valence-electron chi connectivity index (χ1n) is 5.39. The van der Waals surface area contributed by atoms with Gasteiger partial charge in [0.25, 0.3) is 0 Å². The number of hydrogen-bond acceptors (Lipinski definition) is 2. The van der Waals surface area contributed by atoms with E-state index in [1.807, 2.05) is 6.07 Å². The minimum atomic E-state index is 0.0351. The Balaban J connectivity index is 1.96. The van der Waals surface area contributed by atoms with Crippen LogP contribution in [0.2, 0.25) is 0 Å². The van der Waals surface area contributed by atoms with Crippen LogP contribution in [-0.4, -0.2) is 12.5 Å². The summed E-state index contributed by atoms with van der Waals surface area (Å²) >= 11 is 0. The fourth-order valence-corrected chi connectivity index (χ4v) is 1.90. The van der Waals surface area contributed by atoms with Crippen LogP contribution in [0.25, 0.3) is 0 Å². The van der Waals surface area contributed by atoms with Gasteiger partial charge in [0.15, 0.2) is 0 Å². The topological polar surface area (TPSA) is 38.3 Å². The van der Waals surface area contributed by atoms with Gasteiger partial charge in [-0.1, -0.05) is 6.07 Å². The summed E-state index contributed by atoms with van der Waals surface area (Å²) in [5.41, 5.74) is 2.15. The van der Waals surface area contributed by atoms with E-state index in [1.54, 1.807) is 0 Å². The zero-order valence-corrected chi connectivity index (χ0v) is 8.45. The van der Waals surface area contributed by atoms with Gasteiger partial charge in [0, 0.05) is 0 Å². The molecule has 0 unspecified atom stereocenters. The largest absolute Gasteiger partial charge is 0.491 e. The highest BCUT2D eigenvalue weighted by Crippen LogP contribution is 2.42. The van der Waals surface area contributed by atoms with E-state index in [9.17, 15) is 4.79 Å². The lowest BCUT2D eigenvalue weighted by atomic mass is 10.1. The molecule has 1 saturated carbocycles. The van der Waals surface area contributed by atoms with E-state index in [1.165, 1.54) is 18.4 Å². The number of carbonyl (C=O) groups is 1. The van der Waals surface area contributed by atoms with E-state index < -0.39 is 0 Å². The van der Waals surface area contributed by atoms with Crippen molar-refractivity contribution < 1.29 is 9.53 Å². The number of ether oxygens (including phenoxy) is 1. The van der Waals surface area contributed by atoms with E-state index in [-0.39, 0.29) is 5.91 Å². The summed E-state index contributed by atoms with van der Waals surface area (Å²) in [5, 5.41) is 2.84. The number of fused-ring (bicyclic) bond motifs is 1. The van der Waals surface area contributed by atoms with Gasteiger partial charge in [-0.15, -0.1) is 0 Å². The Bertz CT molecular complexity index is 410. The molecule has 3 rings (SSSR count). The third kappa shape index (κ3) is 1.69. The van der Waals surface area contributed by atoms with Gasteiger partial charge in [-0.3, -0.25) is 4.79 Å². The summed E-state index contributed by atoms with van der Waals surface area (Å²) in [6.45, 7) is 0.479. The second-order valence-corrected chi connectivity index (χ2v) is 4.18. The van der Waals surface area contributed by atoms with E-state index in [4.69, 9.17) is 4.74 Å². The third-order valence-electron chi connectivity index (χ3n) is 2.92. The summed E-state index contributed by atoms with van der Waals surface area (Å²) < 4.78 is 5.55. The standard InChI is InChI=1S/C12H13NO2/c14-12-5-6-15-11-7-9(8-1-2-8)3-4-10(11)13-12/h3-4,7-8H,1-2,5-6H2,(H,13,14). The minimum absolute atomic E-state index is 0.0351. The molecule has 0 spiro atoms. The van der Waals surface area contributed by atoms with Crippen molar-refractivity contribution in [2.24, 2.45) is 0 Å². The fraction of sp³-hybridized carbons (Fsp3) is 0.417. The van der Waals surface area contributed by atoms with Crippen molar-refractivity contribution in [3.05, 3.63) is 23.8 Å². The van der Waals surface area contributed by atoms with Crippen LogP contribution in [0.15, 0.2) is 18.2 Å². The number of rotatable bonds is 1. The summed E-state index contributed by atoms with van der Waals surface area (Å²) in [5.74, 6) is 1.58. The average molecular weight is 203 g/mol.